The first-order chi connectivity index (χ1) is 4.34. The molecular weight excluding hydrogens is 157 g/mol. The zero-order valence-corrected chi connectivity index (χ0v) is 6.10. The first-order valence-electron chi connectivity index (χ1n) is 2.44. The summed E-state index contributed by atoms with van der Waals surface area (Å²) in [5.74, 6) is 0. The van der Waals surface area contributed by atoms with E-state index < -0.39 is 0 Å². The van der Waals surface area contributed by atoms with E-state index in [-0.39, 0.29) is 0 Å². The van der Waals surface area contributed by atoms with Gasteiger partial charge in [-0.1, -0.05) is 23.2 Å². The lowest BCUT2D eigenvalue weighted by Gasteiger charge is -1.94. The summed E-state index contributed by atoms with van der Waals surface area (Å²) in [6, 6.07) is 3.76. The van der Waals surface area contributed by atoms with Gasteiger partial charge in [-0.15, -0.1) is 0 Å². The fourth-order valence-corrected chi connectivity index (χ4v) is 0.759. The van der Waals surface area contributed by atoms with Gasteiger partial charge in [-0.2, -0.15) is 0 Å². The van der Waals surface area contributed by atoms with Gasteiger partial charge in [0.05, 0.1) is 0 Å². The predicted octanol–water partition coefficient (Wildman–Crippen LogP) is 2.72. The Bertz CT molecular complexity index is 201. The second-order valence-corrected chi connectivity index (χ2v) is 2.13. The van der Waals surface area contributed by atoms with Gasteiger partial charge < -0.3 is 4.57 Å². The van der Waals surface area contributed by atoms with E-state index in [1.165, 1.54) is 5.54 Å². The highest BCUT2D eigenvalue weighted by Crippen LogP contribution is 2.10. The minimum Gasteiger partial charge on any atom is -0.314 e. The molecule has 48 valence electrons. The number of hydrogen-bond acceptors (Lipinski definition) is 0. The van der Waals surface area contributed by atoms with Crippen LogP contribution < -0.4 is 0 Å². The van der Waals surface area contributed by atoms with Crippen molar-refractivity contribution in [1.29, 1.82) is 0 Å². The van der Waals surface area contributed by atoms with E-state index in [9.17, 15) is 0 Å². The van der Waals surface area contributed by atoms with E-state index in [1.807, 2.05) is 24.5 Å². The molecule has 1 heterocycles. The molecule has 0 saturated heterocycles. The van der Waals surface area contributed by atoms with Crippen LogP contribution in [0.5, 0.6) is 0 Å². The highest BCUT2D eigenvalue weighted by atomic mass is 35.5. The van der Waals surface area contributed by atoms with Crippen molar-refractivity contribution in [3.63, 3.8) is 0 Å². The second-order valence-electron chi connectivity index (χ2n) is 1.52. The number of rotatable bonds is 1. The van der Waals surface area contributed by atoms with Crippen molar-refractivity contribution in [1.82, 2.24) is 4.57 Å². The smallest absolute Gasteiger partial charge is 0.124 e. The van der Waals surface area contributed by atoms with Gasteiger partial charge in [0.2, 0.25) is 0 Å². The van der Waals surface area contributed by atoms with Crippen LogP contribution in [-0.2, 0) is 0 Å². The normalized spacial score (nSPS) is 12.0. The molecule has 0 fully saturated rings. The van der Waals surface area contributed by atoms with Crippen LogP contribution in [0.3, 0.4) is 0 Å². The number of halogens is 2. The second kappa shape index (κ2) is 2.95. The Morgan fingerprint density at radius 1 is 1.33 bits per heavy atom. The molecule has 1 nitrogen and oxygen atoms in total. The maximum absolute atomic E-state index is 5.62. The molecule has 0 saturated carbocycles. The molecule has 1 aromatic heterocycles. The van der Waals surface area contributed by atoms with Crippen molar-refractivity contribution in [3.05, 3.63) is 30.1 Å². The summed E-state index contributed by atoms with van der Waals surface area (Å²) < 4.78 is 1.72. The quantitative estimate of drug-likeness (QED) is 0.598. The third-order valence-electron chi connectivity index (χ3n) is 0.941. The summed E-state index contributed by atoms with van der Waals surface area (Å²) in [6.07, 6.45) is 3.64. The zero-order chi connectivity index (χ0) is 6.69. The highest BCUT2D eigenvalue weighted by molar-refractivity contribution is 6.49. The van der Waals surface area contributed by atoms with Gasteiger partial charge in [-0.3, -0.25) is 0 Å². The molecular formula is C6H5Cl2N. The van der Waals surface area contributed by atoms with Crippen molar-refractivity contribution < 1.29 is 0 Å². The topological polar surface area (TPSA) is 4.93 Å². The lowest BCUT2D eigenvalue weighted by atomic mass is 10.7. The summed E-state index contributed by atoms with van der Waals surface area (Å²) in [4.78, 5) is 0. The van der Waals surface area contributed by atoms with E-state index in [4.69, 9.17) is 23.2 Å². The molecule has 0 amide bonds. The number of aromatic nitrogens is 1. The van der Waals surface area contributed by atoms with Crippen molar-refractivity contribution in [3.8, 4) is 0 Å². The number of nitrogens with zero attached hydrogens (tertiary/aromatic N) is 1. The van der Waals surface area contributed by atoms with Crippen LogP contribution in [-0.4, -0.2) is 4.57 Å². The van der Waals surface area contributed by atoms with E-state index in [0.717, 1.165) is 0 Å². The van der Waals surface area contributed by atoms with Gasteiger partial charge in [-0.25, -0.2) is 0 Å². The molecule has 1 aromatic rings. The fourth-order valence-electron chi connectivity index (χ4n) is 0.533. The first kappa shape index (κ1) is 6.72. The minimum absolute atomic E-state index is 0.502. The van der Waals surface area contributed by atoms with Crippen LogP contribution in [0, 0.1) is 0 Å². The standard InChI is InChI=1S/C6H5Cl2N/c7-5-6(8)9-3-1-2-4-9/h1-5H/b6-5-. The van der Waals surface area contributed by atoms with Crippen LogP contribution in [0.1, 0.15) is 0 Å². The predicted molar refractivity (Wildman–Crippen MR) is 40.4 cm³/mol. The van der Waals surface area contributed by atoms with Gasteiger partial charge in [-0.05, 0) is 12.1 Å². The fraction of sp³-hybridized carbons (Fsp3) is 0. The van der Waals surface area contributed by atoms with Crippen molar-refractivity contribution >= 4 is 28.4 Å². The number of hydrogen-bond donors (Lipinski definition) is 0. The van der Waals surface area contributed by atoms with Crippen LogP contribution in [0.4, 0.5) is 0 Å². The van der Waals surface area contributed by atoms with Gasteiger partial charge in [0.15, 0.2) is 0 Å². The van der Waals surface area contributed by atoms with E-state index >= 15 is 0 Å². The Morgan fingerprint density at radius 3 is 2.33 bits per heavy atom. The minimum atomic E-state index is 0.502. The summed E-state index contributed by atoms with van der Waals surface area (Å²) in [5.41, 5.74) is 1.32. The zero-order valence-electron chi connectivity index (χ0n) is 4.59. The molecule has 3 heteroatoms. The van der Waals surface area contributed by atoms with E-state index in [1.54, 1.807) is 4.57 Å². The molecule has 0 N–H and O–H groups in total. The Hall–Kier alpha value is -0.400. The summed E-state index contributed by atoms with van der Waals surface area (Å²) in [7, 11) is 0. The summed E-state index contributed by atoms with van der Waals surface area (Å²) >= 11 is 11.0. The SMILES string of the molecule is Cl/C=C(/Cl)n1cccc1. The maximum Gasteiger partial charge on any atom is 0.124 e. The van der Waals surface area contributed by atoms with Gasteiger partial charge >= 0.3 is 0 Å². The Kier molecular flexibility index (Phi) is 2.20. The molecule has 0 unspecified atom stereocenters. The Labute approximate surface area is 63.5 Å². The molecule has 0 aliphatic carbocycles. The van der Waals surface area contributed by atoms with Crippen LogP contribution >= 0.6 is 23.2 Å². The lowest BCUT2D eigenvalue weighted by molar-refractivity contribution is 1.16. The maximum atomic E-state index is 5.62. The van der Waals surface area contributed by atoms with Crippen molar-refractivity contribution in [2.45, 2.75) is 0 Å². The average Bonchev–Trinajstić information content (AvgIpc) is 2.37. The summed E-state index contributed by atoms with van der Waals surface area (Å²) in [6.45, 7) is 0. The van der Waals surface area contributed by atoms with Gasteiger partial charge in [0, 0.05) is 17.9 Å². The monoisotopic (exact) mass is 161 g/mol. The third-order valence-corrected chi connectivity index (χ3v) is 1.56. The average molecular weight is 162 g/mol. The van der Waals surface area contributed by atoms with Crippen molar-refractivity contribution in [2.24, 2.45) is 0 Å². The van der Waals surface area contributed by atoms with Crippen LogP contribution in [0.25, 0.3) is 5.16 Å². The molecule has 0 bridgehead atoms. The summed E-state index contributed by atoms with van der Waals surface area (Å²) in [5, 5.41) is 0.502. The largest absolute Gasteiger partial charge is 0.314 e. The van der Waals surface area contributed by atoms with E-state index in [2.05, 4.69) is 0 Å². The molecule has 0 aromatic carbocycles. The Morgan fingerprint density at radius 2 is 1.89 bits per heavy atom. The molecule has 0 aliphatic rings. The van der Waals surface area contributed by atoms with E-state index in [0.29, 0.717) is 5.16 Å². The molecule has 1 rings (SSSR count). The molecule has 9 heavy (non-hydrogen) atoms. The molecule has 0 aliphatic heterocycles. The molecule has 0 spiro atoms. The molecule has 0 atom stereocenters. The first-order valence-corrected chi connectivity index (χ1v) is 3.25. The van der Waals surface area contributed by atoms with Gasteiger partial charge in [0.1, 0.15) is 5.16 Å². The lowest BCUT2D eigenvalue weighted by Crippen LogP contribution is -1.82. The van der Waals surface area contributed by atoms with Gasteiger partial charge in [0.25, 0.3) is 0 Å². The third kappa shape index (κ3) is 1.50. The highest BCUT2D eigenvalue weighted by Gasteiger charge is 1.89. The molecule has 0 radical (unpaired) electrons. The van der Waals surface area contributed by atoms with Crippen LogP contribution in [0.15, 0.2) is 30.1 Å². The van der Waals surface area contributed by atoms with Crippen LogP contribution in [0.2, 0.25) is 0 Å². The van der Waals surface area contributed by atoms with Crippen molar-refractivity contribution in [2.75, 3.05) is 0 Å². The Balaban J connectivity index is 2.90.